The van der Waals surface area contributed by atoms with Crippen LogP contribution in [0.25, 0.3) is 0 Å². The van der Waals surface area contributed by atoms with Gasteiger partial charge in [0.15, 0.2) is 0 Å². The lowest BCUT2D eigenvalue weighted by atomic mass is 10.0. The van der Waals surface area contributed by atoms with E-state index in [-0.39, 0.29) is 24.4 Å². The predicted octanol–water partition coefficient (Wildman–Crippen LogP) is 3.54. The minimum absolute atomic E-state index is 0. The van der Waals surface area contributed by atoms with Crippen LogP contribution < -0.4 is 5.73 Å². The molecular formula is C17H24ClF3N2O2. The van der Waals surface area contributed by atoms with Crippen molar-refractivity contribution >= 4 is 18.3 Å². The first kappa shape index (κ1) is 21.7. The average Bonchev–Trinajstić information content (AvgIpc) is 3.03. The van der Waals surface area contributed by atoms with Crippen molar-refractivity contribution in [3.8, 4) is 0 Å². The van der Waals surface area contributed by atoms with Gasteiger partial charge in [0, 0.05) is 13.1 Å². The molecule has 4 nitrogen and oxygen atoms in total. The van der Waals surface area contributed by atoms with E-state index >= 15 is 0 Å². The Labute approximate surface area is 151 Å². The summed E-state index contributed by atoms with van der Waals surface area (Å²) in [7, 11) is 0. The SMILES string of the molecule is CCN(C(=O)[C@@H]1CC[C@H](CN)O1)C(C)c1cccc(C(F)(F)F)c1.Cl. The molecule has 1 amide bonds. The van der Waals surface area contributed by atoms with E-state index in [1.165, 1.54) is 6.07 Å². The van der Waals surface area contributed by atoms with Gasteiger partial charge in [0.05, 0.1) is 17.7 Å². The molecule has 1 aliphatic heterocycles. The van der Waals surface area contributed by atoms with Crippen LogP contribution in [0.15, 0.2) is 24.3 Å². The monoisotopic (exact) mass is 380 g/mol. The smallest absolute Gasteiger partial charge is 0.364 e. The molecule has 1 unspecified atom stereocenters. The number of halogens is 4. The van der Waals surface area contributed by atoms with Crippen LogP contribution in [0.2, 0.25) is 0 Å². The molecule has 1 saturated heterocycles. The number of rotatable bonds is 5. The van der Waals surface area contributed by atoms with Gasteiger partial charge in [-0.15, -0.1) is 12.4 Å². The van der Waals surface area contributed by atoms with Crippen molar-refractivity contribution < 1.29 is 22.7 Å². The molecule has 1 aliphatic rings. The van der Waals surface area contributed by atoms with Crippen LogP contribution in [0.5, 0.6) is 0 Å². The van der Waals surface area contributed by atoms with Gasteiger partial charge in [-0.1, -0.05) is 12.1 Å². The molecule has 1 fully saturated rings. The van der Waals surface area contributed by atoms with Gasteiger partial charge in [-0.2, -0.15) is 13.2 Å². The number of ether oxygens (including phenoxy) is 1. The molecule has 2 rings (SSSR count). The normalized spacial score (nSPS) is 21.5. The van der Waals surface area contributed by atoms with Gasteiger partial charge in [-0.3, -0.25) is 4.79 Å². The number of alkyl halides is 3. The zero-order valence-corrected chi connectivity index (χ0v) is 15.1. The standard InChI is InChI=1S/C17H23F3N2O2.ClH/c1-3-22(16(23)15-8-7-14(10-21)24-15)11(2)12-5-4-6-13(9-12)17(18,19)20;/h4-6,9,11,14-15H,3,7-8,10,21H2,1-2H3;1H/t11?,14-,15+;/m1./s1. The summed E-state index contributed by atoms with van der Waals surface area (Å²) in [5.74, 6) is -0.196. The molecule has 0 bridgehead atoms. The largest absolute Gasteiger partial charge is 0.416 e. The Kier molecular flexibility index (Phi) is 7.71. The van der Waals surface area contributed by atoms with Gasteiger partial charge in [0.2, 0.25) is 0 Å². The summed E-state index contributed by atoms with van der Waals surface area (Å²) < 4.78 is 44.3. The van der Waals surface area contributed by atoms with Crippen molar-refractivity contribution in [1.29, 1.82) is 0 Å². The third kappa shape index (κ3) is 5.09. The van der Waals surface area contributed by atoms with Crippen LogP contribution >= 0.6 is 12.4 Å². The van der Waals surface area contributed by atoms with Gasteiger partial charge in [0.25, 0.3) is 5.91 Å². The van der Waals surface area contributed by atoms with E-state index in [9.17, 15) is 18.0 Å². The Hall–Kier alpha value is -1.31. The van der Waals surface area contributed by atoms with E-state index in [0.717, 1.165) is 18.6 Å². The van der Waals surface area contributed by atoms with Crippen molar-refractivity contribution in [1.82, 2.24) is 4.90 Å². The molecule has 0 aromatic heterocycles. The highest BCUT2D eigenvalue weighted by Gasteiger charge is 2.35. The van der Waals surface area contributed by atoms with Crippen LogP contribution in [0, 0.1) is 0 Å². The Morgan fingerprint density at radius 2 is 2.08 bits per heavy atom. The van der Waals surface area contributed by atoms with E-state index < -0.39 is 23.9 Å². The second kappa shape index (κ2) is 8.87. The van der Waals surface area contributed by atoms with Crippen molar-refractivity contribution in [3.63, 3.8) is 0 Å². The average molecular weight is 381 g/mol. The van der Waals surface area contributed by atoms with Crippen LogP contribution in [0.4, 0.5) is 13.2 Å². The Bertz CT molecular complexity index is 583. The first-order valence-electron chi connectivity index (χ1n) is 8.11. The fourth-order valence-electron chi connectivity index (χ4n) is 3.02. The molecular weight excluding hydrogens is 357 g/mol. The van der Waals surface area contributed by atoms with Gasteiger partial charge in [0.1, 0.15) is 6.10 Å². The topological polar surface area (TPSA) is 55.6 Å². The summed E-state index contributed by atoms with van der Waals surface area (Å²) in [5.41, 5.74) is 5.30. The number of amides is 1. The fourth-order valence-corrected chi connectivity index (χ4v) is 3.02. The first-order valence-corrected chi connectivity index (χ1v) is 8.11. The molecule has 0 aliphatic carbocycles. The number of carbonyl (C=O) groups is 1. The molecule has 0 saturated carbocycles. The third-order valence-electron chi connectivity index (χ3n) is 4.43. The van der Waals surface area contributed by atoms with Crippen LogP contribution in [0.1, 0.15) is 43.9 Å². The lowest BCUT2D eigenvalue weighted by molar-refractivity contribution is -0.144. The minimum Gasteiger partial charge on any atom is -0.364 e. The number of likely N-dealkylation sites (N-methyl/N-ethyl adjacent to an activating group) is 1. The zero-order valence-electron chi connectivity index (χ0n) is 14.3. The second-order valence-electron chi connectivity index (χ2n) is 5.98. The van der Waals surface area contributed by atoms with Crippen molar-refractivity contribution in [2.75, 3.05) is 13.1 Å². The third-order valence-corrected chi connectivity index (χ3v) is 4.43. The Morgan fingerprint density at radius 1 is 1.40 bits per heavy atom. The Morgan fingerprint density at radius 3 is 2.60 bits per heavy atom. The lowest BCUT2D eigenvalue weighted by Crippen LogP contribution is -2.41. The maximum absolute atomic E-state index is 12.9. The molecule has 1 heterocycles. The van der Waals surface area contributed by atoms with Gasteiger partial charge >= 0.3 is 6.18 Å². The molecule has 3 atom stereocenters. The highest BCUT2D eigenvalue weighted by Crippen LogP contribution is 2.32. The first-order chi connectivity index (χ1) is 11.3. The van der Waals surface area contributed by atoms with Crippen LogP contribution in [-0.2, 0) is 15.7 Å². The number of hydrogen-bond acceptors (Lipinski definition) is 3. The molecule has 8 heteroatoms. The summed E-state index contributed by atoms with van der Waals surface area (Å²) in [6.07, 6.45) is -3.78. The van der Waals surface area contributed by atoms with E-state index in [4.69, 9.17) is 10.5 Å². The lowest BCUT2D eigenvalue weighted by Gasteiger charge is -2.31. The maximum Gasteiger partial charge on any atom is 0.416 e. The number of benzene rings is 1. The number of nitrogens with zero attached hydrogens (tertiary/aromatic N) is 1. The molecule has 1 aromatic carbocycles. The zero-order chi connectivity index (χ0) is 17.9. The summed E-state index contributed by atoms with van der Waals surface area (Å²) in [6, 6.07) is 4.63. The highest BCUT2D eigenvalue weighted by atomic mass is 35.5. The second-order valence-corrected chi connectivity index (χ2v) is 5.98. The van der Waals surface area contributed by atoms with Gasteiger partial charge in [-0.25, -0.2) is 0 Å². The van der Waals surface area contributed by atoms with E-state index in [1.807, 2.05) is 0 Å². The Balaban J connectivity index is 0.00000312. The highest BCUT2D eigenvalue weighted by molar-refractivity contribution is 5.85. The van der Waals surface area contributed by atoms with Crippen molar-refractivity contribution in [2.45, 2.75) is 51.1 Å². The van der Waals surface area contributed by atoms with Crippen LogP contribution in [-0.4, -0.2) is 36.1 Å². The summed E-state index contributed by atoms with van der Waals surface area (Å²) in [5, 5.41) is 0. The maximum atomic E-state index is 12.9. The fraction of sp³-hybridized carbons (Fsp3) is 0.588. The summed E-state index contributed by atoms with van der Waals surface area (Å²) in [6.45, 7) is 4.28. The molecule has 142 valence electrons. The summed E-state index contributed by atoms with van der Waals surface area (Å²) >= 11 is 0. The molecule has 0 radical (unpaired) electrons. The van der Waals surface area contributed by atoms with Crippen molar-refractivity contribution in [2.24, 2.45) is 5.73 Å². The molecule has 1 aromatic rings. The predicted molar refractivity (Wildman–Crippen MR) is 91.4 cm³/mol. The quantitative estimate of drug-likeness (QED) is 0.850. The minimum atomic E-state index is -4.40. The van der Waals surface area contributed by atoms with Crippen LogP contribution in [0.3, 0.4) is 0 Å². The number of hydrogen-bond donors (Lipinski definition) is 1. The number of carbonyl (C=O) groups excluding carboxylic acids is 1. The van der Waals surface area contributed by atoms with E-state index in [1.54, 1.807) is 24.8 Å². The van der Waals surface area contributed by atoms with Gasteiger partial charge in [-0.05, 0) is 44.4 Å². The molecule has 25 heavy (non-hydrogen) atoms. The van der Waals surface area contributed by atoms with Gasteiger partial charge < -0.3 is 15.4 Å². The molecule has 0 spiro atoms. The summed E-state index contributed by atoms with van der Waals surface area (Å²) in [4.78, 5) is 14.2. The van der Waals surface area contributed by atoms with Crippen molar-refractivity contribution in [3.05, 3.63) is 35.4 Å². The number of nitrogens with two attached hydrogens (primary N) is 1. The van der Waals surface area contributed by atoms with E-state index in [0.29, 0.717) is 25.1 Å². The molecule has 2 N–H and O–H groups in total. The van der Waals surface area contributed by atoms with E-state index in [2.05, 4.69) is 0 Å².